The number of aliphatic hydroxyl groups is 1. The van der Waals surface area contributed by atoms with E-state index in [0.29, 0.717) is 64.5 Å². The minimum absolute atomic E-state index is 0.0794. The van der Waals surface area contributed by atoms with E-state index < -0.39 is 6.10 Å². The van der Waals surface area contributed by atoms with Gasteiger partial charge in [0.1, 0.15) is 18.2 Å². The lowest BCUT2D eigenvalue weighted by molar-refractivity contribution is -0.111. The number of halogens is 1. The summed E-state index contributed by atoms with van der Waals surface area (Å²) in [5, 5.41) is 10.5. The molecule has 2 aromatic rings. The number of ether oxygens (including phenoxy) is 2. The maximum absolute atomic E-state index is 12.7. The first-order valence-corrected chi connectivity index (χ1v) is 14.4. The van der Waals surface area contributed by atoms with Crippen LogP contribution in [-0.4, -0.2) is 77.9 Å². The van der Waals surface area contributed by atoms with E-state index in [0.717, 1.165) is 37.9 Å². The number of methoxy groups -OCH3 is 1. The minimum Gasteiger partial charge on any atom is -0.491 e. The van der Waals surface area contributed by atoms with Crippen LogP contribution >= 0.6 is 11.6 Å². The molecular weight excluding hydrogens is 546 g/mol. The Morgan fingerprint density at radius 2 is 1.88 bits per heavy atom. The van der Waals surface area contributed by atoms with Crippen LogP contribution in [0, 0.1) is 12.3 Å². The van der Waals surface area contributed by atoms with Crippen molar-refractivity contribution < 1.29 is 24.2 Å². The zero-order chi connectivity index (χ0) is 29.9. The summed E-state index contributed by atoms with van der Waals surface area (Å²) in [5.74, 6) is 1.41. The maximum atomic E-state index is 12.7. The van der Waals surface area contributed by atoms with Gasteiger partial charge < -0.3 is 30.1 Å². The van der Waals surface area contributed by atoms with E-state index in [1.807, 2.05) is 13.8 Å². The second-order valence-electron chi connectivity index (χ2n) is 11.2. The summed E-state index contributed by atoms with van der Waals surface area (Å²) in [6.45, 7) is 10.1. The average Bonchev–Trinajstić information content (AvgIpc) is 2.92. The number of benzene rings is 1. The number of anilines is 1. The van der Waals surface area contributed by atoms with Crippen LogP contribution in [0.5, 0.6) is 5.75 Å². The Kier molecular flexibility index (Phi) is 9.44. The van der Waals surface area contributed by atoms with Crippen molar-refractivity contribution in [3.63, 3.8) is 0 Å². The summed E-state index contributed by atoms with van der Waals surface area (Å²) < 4.78 is 10.7. The molecule has 1 aromatic carbocycles. The number of ketones is 1. The number of Topliss-reactive ketones (excluding diaryl/α,β-unsaturated/α-hetero) is 1. The Labute approximate surface area is 246 Å². The molecule has 4 rings (SSSR count). The third kappa shape index (κ3) is 6.59. The van der Waals surface area contributed by atoms with Gasteiger partial charge in [0.05, 0.1) is 29.5 Å². The van der Waals surface area contributed by atoms with Crippen molar-refractivity contribution in [3.8, 4) is 17.1 Å². The van der Waals surface area contributed by atoms with Crippen LogP contribution in [0.2, 0.25) is 5.02 Å². The van der Waals surface area contributed by atoms with E-state index >= 15 is 0 Å². The molecule has 2 aliphatic rings. The lowest BCUT2D eigenvalue weighted by atomic mass is 9.72. The maximum Gasteiger partial charge on any atom is 0.409 e. The third-order valence-corrected chi connectivity index (χ3v) is 8.28. The van der Waals surface area contributed by atoms with Crippen molar-refractivity contribution in [2.75, 3.05) is 44.8 Å². The number of amides is 1. The molecule has 0 bridgehead atoms. The summed E-state index contributed by atoms with van der Waals surface area (Å²) in [5.41, 5.74) is 8.77. The van der Waals surface area contributed by atoms with Crippen LogP contribution in [0.25, 0.3) is 17.0 Å². The summed E-state index contributed by atoms with van der Waals surface area (Å²) in [6.07, 6.45) is 2.39. The molecule has 0 radical (unpaired) electrons. The fraction of sp³-hybridized carbons (Fsp3) is 0.533. The highest BCUT2D eigenvalue weighted by Gasteiger charge is 2.47. The van der Waals surface area contributed by atoms with Gasteiger partial charge in [0, 0.05) is 48.4 Å². The van der Waals surface area contributed by atoms with Gasteiger partial charge in [-0.05, 0) is 58.2 Å². The molecule has 1 atom stereocenters. The highest BCUT2D eigenvalue weighted by Crippen LogP contribution is 2.44. The van der Waals surface area contributed by atoms with Crippen LogP contribution < -0.4 is 15.4 Å². The van der Waals surface area contributed by atoms with Gasteiger partial charge in [0.15, 0.2) is 11.6 Å². The van der Waals surface area contributed by atoms with Crippen molar-refractivity contribution in [1.82, 2.24) is 14.9 Å². The highest BCUT2D eigenvalue weighted by molar-refractivity contribution is 6.33. The van der Waals surface area contributed by atoms with Gasteiger partial charge >= 0.3 is 6.09 Å². The number of nitrogens with two attached hydrogens (primary N) is 1. The second-order valence-corrected chi connectivity index (χ2v) is 11.6. The molecule has 10 nitrogen and oxygen atoms in total. The number of rotatable bonds is 9. The molecule has 1 amide bonds. The van der Waals surface area contributed by atoms with Crippen molar-refractivity contribution >= 4 is 34.9 Å². The minimum atomic E-state index is -0.568. The van der Waals surface area contributed by atoms with Crippen molar-refractivity contribution in [2.24, 2.45) is 11.1 Å². The van der Waals surface area contributed by atoms with Gasteiger partial charge in [-0.1, -0.05) is 24.9 Å². The first kappa shape index (κ1) is 30.6. The van der Waals surface area contributed by atoms with Crippen LogP contribution in [0.3, 0.4) is 0 Å². The molecule has 222 valence electrons. The summed E-state index contributed by atoms with van der Waals surface area (Å²) >= 11 is 6.64. The number of hydrogen-bond acceptors (Lipinski definition) is 9. The predicted molar refractivity (Wildman–Crippen MR) is 159 cm³/mol. The van der Waals surface area contributed by atoms with Crippen LogP contribution in [0.15, 0.2) is 23.9 Å². The van der Waals surface area contributed by atoms with Gasteiger partial charge in [-0.25, -0.2) is 14.8 Å². The van der Waals surface area contributed by atoms with E-state index in [4.69, 9.17) is 36.8 Å². The van der Waals surface area contributed by atoms with Gasteiger partial charge in [0.25, 0.3) is 0 Å². The number of aliphatic hydroxyl groups excluding tert-OH is 1. The number of likely N-dealkylation sites (tertiary alicyclic amines) is 1. The zero-order valence-electron chi connectivity index (χ0n) is 24.5. The number of piperidine rings is 1. The predicted octanol–water partition coefficient (Wildman–Crippen LogP) is 4.59. The number of nitrogens with zero attached hydrogens (tertiary/aromatic N) is 4. The van der Waals surface area contributed by atoms with Crippen LogP contribution in [0.4, 0.5) is 10.6 Å². The first-order chi connectivity index (χ1) is 19.5. The van der Waals surface area contributed by atoms with Crippen molar-refractivity contribution in [3.05, 3.63) is 40.2 Å². The number of allylic oxidation sites excluding steroid dienone is 2. The lowest BCUT2D eigenvalue weighted by Crippen LogP contribution is -2.61. The van der Waals surface area contributed by atoms with Crippen LogP contribution in [-0.2, 0) is 9.53 Å². The quantitative estimate of drug-likeness (QED) is 0.405. The molecule has 41 heavy (non-hydrogen) atoms. The molecule has 0 saturated carbocycles. The number of aromatic nitrogens is 2. The second kappa shape index (κ2) is 12.7. The first-order valence-electron chi connectivity index (χ1n) is 14.0. The van der Waals surface area contributed by atoms with Crippen molar-refractivity contribution in [2.45, 2.75) is 59.5 Å². The molecule has 1 spiro atoms. The molecule has 1 aromatic heterocycles. The molecule has 2 aliphatic heterocycles. The van der Waals surface area contributed by atoms with E-state index in [-0.39, 0.29) is 23.9 Å². The van der Waals surface area contributed by atoms with Crippen molar-refractivity contribution in [1.29, 1.82) is 0 Å². The number of carbonyl (C=O) groups is 2. The van der Waals surface area contributed by atoms with Gasteiger partial charge in [-0.2, -0.15) is 0 Å². The summed E-state index contributed by atoms with van der Waals surface area (Å²) in [7, 11) is 1.40. The van der Waals surface area contributed by atoms with E-state index in [1.54, 1.807) is 30.0 Å². The van der Waals surface area contributed by atoms with E-state index in [1.165, 1.54) is 14.0 Å². The molecule has 11 heteroatoms. The largest absolute Gasteiger partial charge is 0.491 e. The van der Waals surface area contributed by atoms with E-state index in [2.05, 4.69) is 4.90 Å². The van der Waals surface area contributed by atoms with E-state index in [9.17, 15) is 14.7 Å². The molecule has 3 heterocycles. The zero-order valence-corrected chi connectivity index (χ0v) is 25.3. The standard InChI is InChI=1S/C30H40ClN5O5/c1-6-7-21(38)15-41-22-8-9-24(31)23(14-22)27-33-26(25(19(3)32)20(4)37)18(2)28(34-27)36-16-30(17-36)10-12-35(13-11-30)29(39)40-5/h8-9,14,21,38H,6-7,10-13,15-17,32H2,1-5H3/t21-/m1/s1. The van der Waals surface area contributed by atoms with Gasteiger partial charge in [-0.15, -0.1) is 0 Å². The Morgan fingerprint density at radius 3 is 2.46 bits per heavy atom. The monoisotopic (exact) mass is 585 g/mol. The Hall–Kier alpha value is -3.37. The Bertz CT molecular complexity index is 1330. The fourth-order valence-corrected chi connectivity index (χ4v) is 5.91. The topological polar surface area (TPSA) is 131 Å². The lowest BCUT2D eigenvalue weighted by Gasteiger charge is -2.54. The third-order valence-electron chi connectivity index (χ3n) is 7.96. The molecule has 0 aliphatic carbocycles. The summed E-state index contributed by atoms with van der Waals surface area (Å²) in [4.78, 5) is 38.4. The van der Waals surface area contributed by atoms with Crippen LogP contribution in [0.1, 0.15) is 57.7 Å². The fourth-order valence-electron chi connectivity index (χ4n) is 5.70. The summed E-state index contributed by atoms with van der Waals surface area (Å²) in [6, 6.07) is 5.21. The Morgan fingerprint density at radius 1 is 1.20 bits per heavy atom. The molecule has 0 unspecified atom stereocenters. The molecular formula is C30H40ClN5O5. The number of carbonyl (C=O) groups excluding carboxylic acids is 2. The normalized spacial score (nSPS) is 17.5. The average molecular weight is 586 g/mol. The highest BCUT2D eigenvalue weighted by atomic mass is 35.5. The molecule has 2 fully saturated rings. The number of hydrogen-bond donors (Lipinski definition) is 2. The van der Waals surface area contributed by atoms with Gasteiger partial charge in [0.2, 0.25) is 0 Å². The molecule has 2 saturated heterocycles. The Balaban J connectivity index is 1.69. The SMILES string of the molecule is CCC[C@@H](O)COc1ccc(Cl)c(-c2nc(C(C(C)=O)=C(C)N)c(C)c(N3CC4(CCN(C(=O)OC)CC4)C3)n2)c1. The van der Waals surface area contributed by atoms with Gasteiger partial charge in [-0.3, -0.25) is 4.79 Å². The molecule has 3 N–H and O–H groups in total. The smallest absolute Gasteiger partial charge is 0.409 e.